The maximum Gasteiger partial charge on any atom is 0.333 e. The minimum absolute atomic E-state index is 0.0317. The van der Waals surface area contributed by atoms with Crippen molar-refractivity contribution >= 4 is 82.1 Å². The fraction of sp³-hybridized carbons (Fsp3) is 0.111. The Hall–Kier alpha value is -4.28. The highest BCUT2D eigenvalue weighted by atomic mass is 32.1. The molecule has 0 saturated heterocycles. The van der Waals surface area contributed by atoms with Gasteiger partial charge in [0, 0.05) is 48.4 Å². The molecule has 2 aliphatic rings. The van der Waals surface area contributed by atoms with Crippen molar-refractivity contribution < 1.29 is 0 Å². The maximum absolute atomic E-state index is 2.70. The van der Waals surface area contributed by atoms with Gasteiger partial charge in [0.2, 0.25) is 0 Å². The van der Waals surface area contributed by atoms with E-state index in [2.05, 4.69) is 127 Å². The van der Waals surface area contributed by atoms with Crippen molar-refractivity contribution in [3.05, 3.63) is 103 Å². The van der Waals surface area contributed by atoms with Gasteiger partial charge in [0.25, 0.3) is 0 Å². The Bertz CT molecular complexity index is 2430. The van der Waals surface area contributed by atoms with Crippen LogP contribution in [0.15, 0.2) is 97.1 Å². The number of thiophene rings is 1. The molecule has 0 saturated carbocycles. The van der Waals surface area contributed by atoms with Crippen LogP contribution in [-0.2, 0) is 5.41 Å². The molecule has 4 heteroatoms. The van der Waals surface area contributed by atoms with E-state index in [4.69, 9.17) is 0 Å². The molecule has 8 aromatic rings. The molecular weight excluding hydrogens is 503 g/mol. The second kappa shape index (κ2) is 6.89. The summed E-state index contributed by atoms with van der Waals surface area (Å²) >= 11 is 1.94. The SMILES string of the molecule is CC(C)(C)c1cc2c3c(c1)-n1c4ccccc4c4cccc(c41)B3n1c3sc4ccccc4c3c3cccc-2c31. The number of para-hydroxylation sites is 3. The molecule has 40 heavy (non-hydrogen) atoms. The van der Waals surface area contributed by atoms with E-state index in [9.17, 15) is 0 Å². The number of hydrogen-bond donors (Lipinski definition) is 0. The zero-order valence-electron chi connectivity index (χ0n) is 22.6. The standard InChI is InChI=1S/C36H25BN2S/c1-36(2,3)20-18-26-23-12-8-14-25-31-24-11-5-7-17-30(24)40-35(31)39(33(23)25)37-27-15-9-13-22-21-10-4-6-16-28(21)38(34(22)27)29(19-20)32(26)37/h4-19H,1-3H3. The summed E-state index contributed by atoms with van der Waals surface area (Å²) in [4.78, 5) is 1.38. The van der Waals surface area contributed by atoms with Gasteiger partial charge < -0.3 is 9.05 Å². The topological polar surface area (TPSA) is 9.86 Å². The number of nitrogens with zero attached hydrogens (tertiary/aromatic N) is 2. The Morgan fingerprint density at radius 3 is 2.30 bits per heavy atom. The quantitative estimate of drug-likeness (QED) is 0.175. The minimum Gasteiger partial charge on any atom is -0.367 e. The monoisotopic (exact) mass is 528 g/mol. The van der Waals surface area contributed by atoms with Gasteiger partial charge in [0.1, 0.15) is 0 Å². The van der Waals surface area contributed by atoms with Crippen LogP contribution in [0.5, 0.6) is 0 Å². The van der Waals surface area contributed by atoms with E-state index in [0.717, 1.165) is 0 Å². The molecule has 5 heterocycles. The fourth-order valence-corrected chi connectivity index (χ4v) is 8.99. The molecule has 0 fully saturated rings. The van der Waals surface area contributed by atoms with E-state index in [-0.39, 0.29) is 12.3 Å². The first-order valence-electron chi connectivity index (χ1n) is 14.2. The number of hydrogen-bond acceptors (Lipinski definition) is 1. The Kier molecular flexibility index (Phi) is 3.71. The van der Waals surface area contributed by atoms with Crippen LogP contribution in [0.4, 0.5) is 0 Å². The molecule has 3 aromatic heterocycles. The fourth-order valence-electron chi connectivity index (χ4n) is 7.74. The molecular formula is C36H25BN2S. The first kappa shape index (κ1) is 21.5. The third kappa shape index (κ3) is 2.36. The average Bonchev–Trinajstić information content (AvgIpc) is 3.61. The van der Waals surface area contributed by atoms with Crippen LogP contribution in [0.25, 0.3) is 69.8 Å². The highest BCUT2D eigenvalue weighted by molar-refractivity contribution is 7.26. The van der Waals surface area contributed by atoms with Gasteiger partial charge in [-0.05, 0) is 45.7 Å². The normalized spacial score (nSPS) is 13.8. The molecule has 0 unspecified atom stereocenters. The third-order valence-electron chi connectivity index (χ3n) is 9.45. The Morgan fingerprint density at radius 2 is 1.43 bits per heavy atom. The molecule has 0 amide bonds. The van der Waals surface area contributed by atoms with Crippen molar-refractivity contribution in [1.82, 2.24) is 9.05 Å². The van der Waals surface area contributed by atoms with E-state index in [1.54, 1.807) is 0 Å². The number of benzene rings is 5. The van der Waals surface area contributed by atoms with Crippen LogP contribution in [0.3, 0.4) is 0 Å². The average molecular weight is 528 g/mol. The first-order chi connectivity index (χ1) is 19.5. The Morgan fingerprint density at radius 1 is 0.675 bits per heavy atom. The summed E-state index contributed by atoms with van der Waals surface area (Å²) in [6, 6.07) is 36.8. The Balaban J connectivity index is 1.50. The molecule has 0 aliphatic carbocycles. The highest BCUT2D eigenvalue weighted by Gasteiger charge is 2.42. The molecule has 0 spiro atoms. The van der Waals surface area contributed by atoms with Crippen LogP contribution in [-0.4, -0.2) is 15.9 Å². The van der Waals surface area contributed by atoms with Crippen molar-refractivity contribution in [2.45, 2.75) is 26.2 Å². The van der Waals surface area contributed by atoms with Crippen LogP contribution in [0.1, 0.15) is 26.3 Å². The molecule has 0 atom stereocenters. The predicted octanol–water partition coefficient (Wildman–Crippen LogP) is 8.35. The second-order valence-electron chi connectivity index (χ2n) is 12.6. The van der Waals surface area contributed by atoms with Crippen LogP contribution < -0.4 is 10.9 Å². The lowest BCUT2D eigenvalue weighted by molar-refractivity contribution is 0.590. The predicted molar refractivity (Wildman–Crippen MR) is 174 cm³/mol. The van der Waals surface area contributed by atoms with E-state index in [0.29, 0.717) is 0 Å². The summed E-state index contributed by atoms with van der Waals surface area (Å²) in [5.74, 6) is 0. The molecule has 5 aromatic carbocycles. The maximum atomic E-state index is 2.70. The lowest BCUT2D eigenvalue weighted by atomic mass is 9.45. The smallest absolute Gasteiger partial charge is 0.333 e. The van der Waals surface area contributed by atoms with Crippen molar-refractivity contribution in [2.24, 2.45) is 0 Å². The summed E-state index contributed by atoms with van der Waals surface area (Å²) < 4.78 is 6.63. The van der Waals surface area contributed by atoms with Gasteiger partial charge in [0.05, 0.1) is 15.9 Å². The van der Waals surface area contributed by atoms with Crippen molar-refractivity contribution in [3.8, 4) is 16.8 Å². The van der Waals surface area contributed by atoms with Gasteiger partial charge in [-0.15, -0.1) is 11.3 Å². The molecule has 188 valence electrons. The number of rotatable bonds is 0. The summed E-state index contributed by atoms with van der Waals surface area (Å²) in [6.07, 6.45) is 0. The number of fused-ring (bicyclic) bond motifs is 12. The molecule has 0 radical (unpaired) electrons. The van der Waals surface area contributed by atoms with Crippen LogP contribution in [0.2, 0.25) is 0 Å². The van der Waals surface area contributed by atoms with E-state index < -0.39 is 0 Å². The first-order valence-corrected chi connectivity index (χ1v) is 15.0. The number of aromatic nitrogens is 2. The molecule has 0 N–H and O–H groups in total. The summed E-state index contributed by atoms with van der Waals surface area (Å²) in [6.45, 7) is 7.15. The summed E-state index contributed by atoms with van der Waals surface area (Å²) in [7, 11) is 0. The van der Waals surface area contributed by atoms with E-state index >= 15 is 0 Å². The van der Waals surface area contributed by atoms with Crippen molar-refractivity contribution in [2.75, 3.05) is 0 Å². The lowest BCUT2D eigenvalue weighted by Crippen LogP contribution is -2.55. The van der Waals surface area contributed by atoms with E-state index in [1.807, 2.05) is 11.3 Å². The summed E-state index contributed by atoms with van der Waals surface area (Å²) in [5, 5.41) is 6.82. The lowest BCUT2D eigenvalue weighted by Gasteiger charge is -2.35. The largest absolute Gasteiger partial charge is 0.367 e. The van der Waals surface area contributed by atoms with E-state index in [1.165, 1.54) is 86.3 Å². The highest BCUT2D eigenvalue weighted by Crippen LogP contribution is 2.47. The molecule has 0 bridgehead atoms. The van der Waals surface area contributed by atoms with Gasteiger partial charge in [-0.1, -0.05) is 99.6 Å². The Labute approximate surface area is 236 Å². The second-order valence-corrected chi connectivity index (χ2v) is 13.6. The van der Waals surface area contributed by atoms with Crippen LogP contribution >= 0.6 is 11.3 Å². The minimum atomic E-state index is 0.0317. The third-order valence-corrected chi connectivity index (χ3v) is 10.6. The molecule has 2 aliphatic heterocycles. The molecule has 10 rings (SSSR count). The van der Waals surface area contributed by atoms with Crippen molar-refractivity contribution in [3.63, 3.8) is 0 Å². The van der Waals surface area contributed by atoms with Gasteiger partial charge in [-0.25, -0.2) is 0 Å². The van der Waals surface area contributed by atoms with Gasteiger partial charge >= 0.3 is 6.85 Å². The van der Waals surface area contributed by atoms with Gasteiger partial charge in [-0.2, -0.15) is 0 Å². The van der Waals surface area contributed by atoms with Crippen molar-refractivity contribution in [1.29, 1.82) is 0 Å². The van der Waals surface area contributed by atoms with Gasteiger partial charge in [-0.3, -0.25) is 0 Å². The molecule has 2 nitrogen and oxygen atoms in total. The summed E-state index contributed by atoms with van der Waals surface area (Å²) in [5.41, 5.74) is 12.4. The zero-order chi connectivity index (χ0) is 26.5. The van der Waals surface area contributed by atoms with Gasteiger partial charge in [0.15, 0.2) is 0 Å². The zero-order valence-corrected chi connectivity index (χ0v) is 23.4. The van der Waals surface area contributed by atoms with Crippen LogP contribution in [0, 0.1) is 0 Å².